The first kappa shape index (κ1) is 14.1. The molecule has 0 heterocycles. The first-order chi connectivity index (χ1) is 7.13. The van der Waals surface area contributed by atoms with Gasteiger partial charge >= 0.3 is 0 Å². The number of nitrogens with one attached hydrogen (secondary N) is 1. The van der Waals surface area contributed by atoms with E-state index in [0.717, 1.165) is 0 Å². The minimum atomic E-state index is -0.636. The maximum atomic E-state index is 11.2. The molecule has 0 fully saturated rings. The maximum absolute atomic E-state index is 11.2. The van der Waals surface area contributed by atoms with E-state index in [1.807, 2.05) is 0 Å². The summed E-state index contributed by atoms with van der Waals surface area (Å²) >= 11 is 0. The monoisotopic (exact) mass is 234 g/mol. The summed E-state index contributed by atoms with van der Waals surface area (Å²) in [6, 6.07) is 0. The van der Waals surface area contributed by atoms with Crippen LogP contribution in [0.15, 0.2) is 5.16 Å². The standard InChI is InChI=1S/C8H18N2O4Si/c1-6(10-12)4-7(11)9-5-15-8(13-2)14-3/h8,12H,4-5,15H2,1-3H3,(H,9,11). The Morgan fingerprint density at radius 1 is 1.53 bits per heavy atom. The molecule has 0 aromatic carbocycles. The SMILES string of the molecule is COC(OC)[SiH2]CNC(=O)CC(C)=NO. The van der Waals surface area contributed by atoms with E-state index in [1.54, 1.807) is 21.1 Å². The second kappa shape index (κ2) is 8.39. The lowest BCUT2D eigenvalue weighted by molar-refractivity contribution is -0.119. The summed E-state index contributed by atoms with van der Waals surface area (Å²) < 4.78 is 10.0. The topological polar surface area (TPSA) is 80.2 Å². The Labute approximate surface area is 91.5 Å². The number of amides is 1. The number of methoxy groups -OCH3 is 2. The Bertz CT molecular complexity index is 219. The van der Waals surface area contributed by atoms with Gasteiger partial charge < -0.3 is 20.0 Å². The molecule has 0 bridgehead atoms. The largest absolute Gasteiger partial charge is 0.411 e. The average Bonchev–Trinajstić information content (AvgIpc) is 2.24. The summed E-state index contributed by atoms with van der Waals surface area (Å²) in [5.41, 5.74) is 0.393. The van der Waals surface area contributed by atoms with Crippen LogP contribution >= 0.6 is 0 Å². The van der Waals surface area contributed by atoms with E-state index in [2.05, 4.69) is 10.5 Å². The van der Waals surface area contributed by atoms with Crippen molar-refractivity contribution in [2.24, 2.45) is 5.16 Å². The van der Waals surface area contributed by atoms with Crippen LogP contribution in [0.1, 0.15) is 13.3 Å². The van der Waals surface area contributed by atoms with Gasteiger partial charge in [-0.15, -0.1) is 0 Å². The van der Waals surface area contributed by atoms with Gasteiger partial charge in [-0.05, 0) is 6.92 Å². The minimum Gasteiger partial charge on any atom is -0.411 e. The lowest BCUT2D eigenvalue weighted by Crippen LogP contribution is -2.35. The van der Waals surface area contributed by atoms with E-state index >= 15 is 0 Å². The molecule has 6 nitrogen and oxygen atoms in total. The molecule has 0 aliphatic rings. The van der Waals surface area contributed by atoms with E-state index in [0.29, 0.717) is 11.9 Å². The molecule has 0 aliphatic heterocycles. The number of nitrogens with zero attached hydrogens (tertiary/aromatic N) is 1. The third-order valence-corrected chi connectivity index (χ3v) is 3.49. The van der Waals surface area contributed by atoms with Crippen LogP contribution in [0.4, 0.5) is 0 Å². The molecule has 0 unspecified atom stereocenters. The Hall–Kier alpha value is -0.923. The summed E-state index contributed by atoms with van der Waals surface area (Å²) in [4.78, 5) is 11.2. The lowest BCUT2D eigenvalue weighted by Gasteiger charge is -2.12. The van der Waals surface area contributed by atoms with Crippen molar-refractivity contribution in [2.75, 3.05) is 20.4 Å². The van der Waals surface area contributed by atoms with Gasteiger partial charge in [-0.3, -0.25) is 4.79 Å². The van der Waals surface area contributed by atoms with E-state index < -0.39 is 9.52 Å². The molecule has 0 radical (unpaired) electrons. The second-order valence-electron chi connectivity index (χ2n) is 3.05. The van der Waals surface area contributed by atoms with Crippen molar-refractivity contribution in [3.8, 4) is 0 Å². The number of hydrogen-bond donors (Lipinski definition) is 2. The Morgan fingerprint density at radius 2 is 2.13 bits per heavy atom. The van der Waals surface area contributed by atoms with Gasteiger partial charge in [0.25, 0.3) is 0 Å². The van der Waals surface area contributed by atoms with Crippen LogP contribution in [0.3, 0.4) is 0 Å². The van der Waals surface area contributed by atoms with Crippen LogP contribution in [0, 0.1) is 0 Å². The Balaban J connectivity index is 3.63. The molecule has 0 spiro atoms. The lowest BCUT2D eigenvalue weighted by atomic mass is 10.3. The van der Waals surface area contributed by atoms with Crippen LogP contribution < -0.4 is 5.32 Å². The van der Waals surface area contributed by atoms with Crippen molar-refractivity contribution in [3.63, 3.8) is 0 Å². The highest BCUT2D eigenvalue weighted by atomic mass is 28.2. The number of oxime groups is 1. The zero-order valence-electron chi connectivity index (χ0n) is 9.32. The molecule has 0 aliphatic carbocycles. The molecule has 7 heteroatoms. The number of hydrogen-bond acceptors (Lipinski definition) is 5. The summed E-state index contributed by atoms with van der Waals surface area (Å²) in [7, 11) is 2.51. The van der Waals surface area contributed by atoms with Crippen LogP contribution in [0.25, 0.3) is 0 Å². The highest BCUT2D eigenvalue weighted by Crippen LogP contribution is 1.88. The molecule has 0 aromatic rings. The van der Waals surface area contributed by atoms with Crippen LogP contribution in [-0.4, -0.2) is 52.6 Å². The average molecular weight is 234 g/mol. The molecule has 15 heavy (non-hydrogen) atoms. The summed E-state index contributed by atoms with van der Waals surface area (Å²) in [5.74, 6) is -0.318. The van der Waals surface area contributed by atoms with Gasteiger partial charge in [0.05, 0.1) is 12.1 Å². The summed E-state index contributed by atoms with van der Waals surface area (Å²) in [6.45, 7) is 1.59. The molecular weight excluding hydrogens is 216 g/mol. The predicted octanol–water partition coefficient (Wildman–Crippen LogP) is -0.954. The smallest absolute Gasteiger partial charge is 0.225 e. The fourth-order valence-corrected chi connectivity index (χ4v) is 2.12. The third kappa shape index (κ3) is 7.06. The molecular formula is C8H18N2O4Si. The molecule has 0 saturated carbocycles. The first-order valence-electron chi connectivity index (χ1n) is 4.63. The fourth-order valence-electron chi connectivity index (χ4n) is 0.992. The van der Waals surface area contributed by atoms with Crippen molar-refractivity contribution >= 4 is 21.1 Å². The third-order valence-electron chi connectivity index (χ3n) is 1.82. The van der Waals surface area contributed by atoms with Gasteiger partial charge in [-0.1, -0.05) is 5.16 Å². The number of rotatable bonds is 7. The van der Waals surface area contributed by atoms with E-state index in [-0.39, 0.29) is 18.2 Å². The van der Waals surface area contributed by atoms with Crippen LogP contribution in [-0.2, 0) is 14.3 Å². The van der Waals surface area contributed by atoms with E-state index in [1.165, 1.54) is 0 Å². The Morgan fingerprint density at radius 3 is 2.60 bits per heavy atom. The van der Waals surface area contributed by atoms with Crippen molar-refractivity contribution in [1.29, 1.82) is 0 Å². The minimum absolute atomic E-state index is 0.121. The van der Waals surface area contributed by atoms with Crippen LogP contribution in [0.5, 0.6) is 0 Å². The van der Waals surface area contributed by atoms with E-state index in [4.69, 9.17) is 14.7 Å². The quantitative estimate of drug-likeness (QED) is 0.196. The van der Waals surface area contributed by atoms with Gasteiger partial charge in [-0.25, -0.2) is 0 Å². The first-order valence-corrected chi connectivity index (χ1v) is 6.45. The van der Waals surface area contributed by atoms with Crippen LogP contribution in [0.2, 0.25) is 0 Å². The highest BCUT2D eigenvalue weighted by Gasteiger charge is 2.07. The van der Waals surface area contributed by atoms with Crippen molar-refractivity contribution < 1.29 is 19.5 Å². The molecule has 0 rings (SSSR count). The molecule has 88 valence electrons. The summed E-state index contributed by atoms with van der Waals surface area (Å²) in [5, 5.41) is 14.0. The maximum Gasteiger partial charge on any atom is 0.225 e. The number of carbonyl (C=O) groups excluding carboxylic acids is 1. The molecule has 0 atom stereocenters. The van der Waals surface area contributed by atoms with Gasteiger partial charge in [0.2, 0.25) is 5.91 Å². The molecule has 0 aromatic heterocycles. The normalized spacial score (nSPS) is 12.7. The second-order valence-corrected chi connectivity index (χ2v) is 4.80. The highest BCUT2D eigenvalue weighted by molar-refractivity contribution is 6.37. The van der Waals surface area contributed by atoms with Gasteiger partial charge in [0.15, 0.2) is 0 Å². The van der Waals surface area contributed by atoms with Crippen molar-refractivity contribution in [3.05, 3.63) is 0 Å². The molecule has 2 N–H and O–H groups in total. The number of carbonyl (C=O) groups is 1. The zero-order chi connectivity index (χ0) is 11.7. The predicted molar refractivity (Wildman–Crippen MR) is 58.9 cm³/mol. The van der Waals surface area contributed by atoms with Crippen molar-refractivity contribution in [1.82, 2.24) is 5.32 Å². The number of ether oxygens (including phenoxy) is 2. The molecule has 0 saturated heterocycles. The molecule has 1 amide bonds. The van der Waals surface area contributed by atoms with Gasteiger partial charge in [-0.2, -0.15) is 0 Å². The van der Waals surface area contributed by atoms with Gasteiger partial charge in [0.1, 0.15) is 15.4 Å². The zero-order valence-corrected chi connectivity index (χ0v) is 10.7. The van der Waals surface area contributed by atoms with Crippen molar-refractivity contribution in [2.45, 2.75) is 19.3 Å². The Kier molecular flexibility index (Phi) is 7.87. The fraction of sp³-hybridized carbons (Fsp3) is 0.750. The summed E-state index contributed by atoms with van der Waals surface area (Å²) in [6.07, 6.45) is 0.722. The van der Waals surface area contributed by atoms with Gasteiger partial charge in [0, 0.05) is 20.4 Å². The van der Waals surface area contributed by atoms with E-state index in [9.17, 15) is 4.79 Å².